The third-order valence-corrected chi connectivity index (χ3v) is 5.54. The molecular formula is C18H18ClN3O2S. The van der Waals surface area contributed by atoms with E-state index in [-0.39, 0.29) is 24.9 Å². The number of benzene rings is 1. The van der Waals surface area contributed by atoms with Crippen molar-refractivity contribution in [2.24, 2.45) is 5.92 Å². The Balaban J connectivity index is 1.68. The van der Waals surface area contributed by atoms with E-state index in [0.717, 1.165) is 33.1 Å². The van der Waals surface area contributed by atoms with E-state index in [2.05, 4.69) is 15.6 Å². The lowest BCUT2D eigenvalue weighted by Crippen LogP contribution is -2.60. The van der Waals surface area contributed by atoms with Crippen molar-refractivity contribution in [2.45, 2.75) is 32.3 Å². The average molecular weight is 376 g/mol. The zero-order valence-corrected chi connectivity index (χ0v) is 15.2. The molecule has 2 aromatic rings. The first-order valence-corrected chi connectivity index (χ1v) is 8.93. The van der Waals surface area contributed by atoms with Gasteiger partial charge in [0, 0.05) is 27.9 Å². The van der Waals surface area contributed by atoms with Crippen molar-refractivity contribution in [3.05, 3.63) is 57.9 Å². The Morgan fingerprint density at radius 3 is 2.96 bits per heavy atom. The highest BCUT2D eigenvalue weighted by Crippen LogP contribution is 2.37. The number of rotatable bonds is 2. The third kappa shape index (κ3) is 2.89. The molecule has 5 nitrogen and oxygen atoms in total. The molecule has 1 aromatic carbocycles. The van der Waals surface area contributed by atoms with Crippen LogP contribution in [0.3, 0.4) is 0 Å². The predicted octanol–water partition coefficient (Wildman–Crippen LogP) is 2.63. The minimum atomic E-state index is -0.267. The van der Waals surface area contributed by atoms with Crippen LogP contribution in [0.1, 0.15) is 28.6 Å². The molecule has 1 aromatic heterocycles. The summed E-state index contributed by atoms with van der Waals surface area (Å²) in [5.41, 5.74) is 3.51. The number of aromatic nitrogens is 1. The molecule has 1 fully saturated rings. The van der Waals surface area contributed by atoms with Gasteiger partial charge in [0.15, 0.2) is 6.23 Å². The number of nitrogens with one attached hydrogen (secondary N) is 2. The van der Waals surface area contributed by atoms with Crippen molar-refractivity contribution in [1.29, 1.82) is 0 Å². The van der Waals surface area contributed by atoms with Gasteiger partial charge < -0.3 is 15.2 Å². The zero-order chi connectivity index (χ0) is 17.6. The number of aliphatic hydroxyl groups is 1. The summed E-state index contributed by atoms with van der Waals surface area (Å²) >= 11 is 11.9. The van der Waals surface area contributed by atoms with Gasteiger partial charge in [0.2, 0.25) is 0 Å². The minimum Gasteiger partial charge on any atom is -0.472 e. The van der Waals surface area contributed by atoms with Crippen molar-refractivity contribution in [3.8, 4) is 5.75 Å². The van der Waals surface area contributed by atoms with Crippen molar-refractivity contribution < 1.29 is 9.84 Å². The van der Waals surface area contributed by atoms with Gasteiger partial charge in [-0.05, 0) is 19.4 Å². The molecule has 25 heavy (non-hydrogen) atoms. The molecule has 3 atom stereocenters. The van der Waals surface area contributed by atoms with Crippen LogP contribution in [0.5, 0.6) is 5.75 Å². The summed E-state index contributed by atoms with van der Waals surface area (Å²) in [4.78, 5) is 5.06. The summed E-state index contributed by atoms with van der Waals surface area (Å²) in [7, 11) is 0. The summed E-state index contributed by atoms with van der Waals surface area (Å²) in [6, 6.07) is 7.66. The fourth-order valence-electron chi connectivity index (χ4n) is 3.44. The van der Waals surface area contributed by atoms with Gasteiger partial charge in [-0.2, -0.15) is 0 Å². The lowest BCUT2D eigenvalue weighted by molar-refractivity contribution is 0.0782. The number of ether oxygens (including phenoxy) is 1. The van der Waals surface area contributed by atoms with Crippen LogP contribution in [0.2, 0.25) is 5.02 Å². The molecule has 2 aliphatic heterocycles. The molecule has 7 heteroatoms. The van der Waals surface area contributed by atoms with Gasteiger partial charge in [-0.15, -0.1) is 0 Å². The average Bonchev–Trinajstić information content (AvgIpc) is 2.61. The van der Waals surface area contributed by atoms with Crippen molar-refractivity contribution >= 4 is 28.8 Å². The Kier molecular flexibility index (Phi) is 4.37. The molecule has 3 unspecified atom stereocenters. The lowest BCUT2D eigenvalue weighted by Gasteiger charge is -2.43. The van der Waals surface area contributed by atoms with Crippen molar-refractivity contribution in [1.82, 2.24) is 15.6 Å². The van der Waals surface area contributed by atoms with Gasteiger partial charge in [-0.1, -0.05) is 42.0 Å². The van der Waals surface area contributed by atoms with Crippen LogP contribution < -0.4 is 15.4 Å². The van der Waals surface area contributed by atoms with Gasteiger partial charge in [0.05, 0.1) is 23.2 Å². The van der Waals surface area contributed by atoms with Crippen LogP contribution in [0.15, 0.2) is 30.5 Å². The Bertz CT molecular complexity index is 845. The molecule has 0 spiro atoms. The van der Waals surface area contributed by atoms with Crippen LogP contribution >= 0.6 is 23.8 Å². The van der Waals surface area contributed by atoms with E-state index in [1.54, 1.807) is 6.20 Å². The summed E-state index contributed by atoms with van der Waals surface area (Å²) in [5, 5.41) is 17.1. The number of hydrogen-bond acceptors (Lipinski definition) is 5. The summed E-state index contributed by atoms with van der Waals surface area (Å²) < 4.78 is 6.22. The number of halogens is 1. The van der Waals surface area contributed by atoms with E-state index in [1.165, 1.54) is 0 Å². The maximum Gasteiger partial charge on any atom is 0.161 e. The number of aliphatic hydroxyl groups excluding tert-OH is 1. The number of thiocarbonyl (C=S) groups is 1. The first kappa shape index (κ1) is 16.7. The number of pyridine rings is 1. The Morgan fingerprint density at radius 1 is 1.40 bits per heavy atom. The van der Waals surface area contributed by atoms with E-state index in [9.17, 15) is 5.11 Å². The maximum atomic E-state index is 9.59. The Labute approximate surface area is 156 Å². The second-order valence-corrected chi connectivity index (χ2v) is 7.16. The second kappa shape index (κ2) is 6.53. The normalized spacial score (nSPS) is 24.8. The molecule has 0 radical (unpaired) electrons. The topological polar surface area (TPSA) is 66.4 Å². The van der Waals surface area contributed by atoms with Crippen LogP contribution in [0.4, 0.5) is 0 Å². The molecule has 0 bridgehead atoms. The van der Waals surface area contributed by atoms with Gasteiger partial charge >= 0.3 is 0 Å². The molecule has 2 aliphatic rings. The molecule has 3 heterocycles. The molecule has 130 valence electrons. The van der Waals surface area contributed by atoms with Crippen molar-refractivity contribution in [3.63, 3.8) is 0 Å². The highest BCUT2D eigenvalue weighted by molar-refractivity contribution is 7.80. The second-order valence-electron chi connectivity index (χ2n) is 6.31. The van der Waals surface area contributed by atoms with Gasteiger partial charge in [0.1, 0.15) is 11.9 Å². The van der Waals surface area contributed by atoms with Gasteiger partial charge in [0.25, 0.3) is 0 Å². The fraction of sp³-hybridized carbons (Fsp3) is 0.333. The monoisotopic (exact) mass is 375 g/mol. The van der Waals surface area contributed by atoms with Crippen LogP contribution in [0.25, 0.3) is 0 Å². The van der Waals surface area contributed by atoms with E-state index in [4.69, 9.17) is 28.6 Å². The first-order valence-electron chi connectivity index (χ1n) is 8.14. The highest BCUT2D eigenvalue weighted by Gasteiger charge is 2.40. The number of aryl methyl sites for hydroxylation is 1. The first-order chi connectivity index (χ1) is 12.1. The smallest absolute Gasteiger partial charge is 0.161 e. The van der Waals surface area contributed by atoms with Gasteiger partial charge in [-0.3, -0.25) is 10.3 Å². The molecule has 0 aliphatic carbocycles. The quantitative estimate of drug-likeness (QED) is 0.701. The molecule has 0 saturated carbocycles. The number of fused-ring (bicyclic) bond motifs is 2. The number of nitrogens with zero attached hydrogens (tertiary/aromatic N) is 1. The summed E-state index contributed by atoms with van der Waals surface area (Å²) in [5.74, 6) is 0.733. The molecule has 0 amide bonds. The Morgan fingerprint density at radius 2 is 2.20 bits per heavy atom. The highest BCUT2D eigenvalue weighted by atomic mass is 35.5. The van der Waals surface area contributed by atoms with E-state index >= 15 is 0 Å². The van der Waals surface area contributed by atoms with E-state index in [1.807, 2.05) is 31.2 Å². The van der Waals surface area contributed by atoms with Crippen molar-refractivity contribution in [2.75, 3.05) is 0 Å². The largest absolute Gasteiger partial charge is 0.472 e. The Hall–Kier alpha value is -1.73. The minimum absolute atomic E-state index is 0.00617. The maximum absolute atomic E-state index is 9.59. The zero-order valence-electron chi connectivity index (χ0n) is 13.6. The summed E-state index contributed by atoms with van der Waals surface area (Å²) in [6.07, 6.45) is 1.93. The van der Waals surface area contributed by atoms with E-state index in [0.29, 0.717) is 11.4 Å². The third-order valence-electron chi connectivity index (χ3n) is 4.78. The SMILES string of the molecule is Cc1ncc(CO)c2c1OC1NC(c3ccccc3Cl)NC(=S)C1C2. The number of hydrogen-bond donors (Lipinski definition) is 3. The standard InChI is InChI=1S/C18H18ClN3O2S/c1-9-15-12(10(8-23)7-20-9)6-13-17(24-15)21-16(22-18(13)25)11-4-2-3-5-14(11)19/h2-5,7,13,16-17,21,23H,6,8H2,1H3,(H,22,25). The van der Waals surface area contributed by atoms with Gasteiger partial charge in [-0.25, -0.2) is 0 Å². The van der Waals surface area contributed by atoms with Crippen LogP contribution in [-0.4, -0.2) is 21.3 Å². The molecule has 3 N–H and O–H groups in total. The molecule has 1 saturated heterocycles. The predicted molar refractivity (Wildman–Crippen MR) is 99.6 cm³/mol. The molecule has 4 rings (SSSR count). The molecular weight excluding hydrogens is 358 g/mol. The fourth-order valence-corrected chi connectivity index (χ4v) is 4.01. The van der Waals surface area contributed by atoms with E-state index < -0.39 is 0 Å². The lowest BCUT2D eigenvalue weighted by atomic mass is 9.89. The summed E-state index contributed by atoms with van der Waals surface area (Å²) in [6.45, 7) is 1.84. The van der Waals surface area contributed by atoms with Crippen LogP contribution in [-0.2, 0) is 13.0 Å². The van der Waals surface area contributed by atoms with Crippen LogP contribution in [0, 0.1) is 12.8 Å².